The third-order valence-electron chi connectivity index (χ3n) is 2.54. The Morgan fingerprint density at radius 3 is 2.47 bits per heavy atom. The Labute approximate surface area is 102 Å². The van der Waals surface area contributed by atoms with Gasteiger partial charge in [0.1, 0.15) is 0 Å². The highest BCUT2D eigenvalue weighted by atomic mass is 16.1. The van der Waals surface area contributed by atoms with Crippen LogP contribution in [0, 0.1) is 0 Å². The van der Waals surface area contributed by atoms with E-state index in [0.717, 1.165) is 18.5 Å². The molecule has 0 fully saturated rings. The van der Waals surface area contributed by atoms with Crippen molar-refractivity contribution in [3.63, 3.8) is 0 Å². The van der Waals surface area contributed by atoms with Crippen LogP contribution in [0.5, 0.6) is 0 Å². The van der Waals surface area contributed by atoms with Gasteiger partial charge in [0.25, 0.3) is 0 Å². The first-order valence-electron chi connectivity index (χ1n) is 6.04. The van der Waals surface area contributed by atoms with Crippen LogP contribution in [0.25, 0.3) is 0 Å². The van der Waals surface area contributed by atoms with Crippen LogP contribution in [0.4, 0.5) is 5.69 Å². The minimum Gasteiger partial charge on any atom is -0.326 e. The van der Waals surface area contributed by atoms with Gasteiger partial charge in [0.15, 0.2) is 0 Å². The van der Waals surface area contributed by atoms with E-state index < -0.39 is 0 Å². The average molecular weight is 232 g/mol. The summed E-state index contributed by atoms with van der Waals surface area (Å²) in [5, 5.41) is 2.80. The number of benzene rings is 1. The van der Waals surface area contributed by atoms with Crippen LogP contribution in [0.3, 0.4) is 0 Å². The lowest BCUT2D eigenvalue weighted by atomic mass is 10.1. The number of hydrogen-bond acceptors (Lipinski definition) is 2. The molecule has 1 amide bonds. The molecule has 17 heavy (non-hydrogen) atoms. The molecule has 91 valence electrons. The van der Waals surface area contributed by atoms with Gasteiger partial charge in [-0.05, 0) is 30.7 Å². The van der Waals surface area contributed by atoms with Crippen LogP contribution in [0.15, 0.2) is 24.3 Å². The fourth-order valence-corrected chi connectivity index (χ4v) is 1.56. The highest BCUT2D eigenvalue weighted by Gasteiger charge is 2.02. The molecule has 0 heterocycles. The van der Waals surface area contributed by atoms with Gasteiger partial charge in [-0.1, -0.05) is 26.2 Å². The van der Waals surface area contributed by atoms with Crippen LogP contribution in [-0.2, 0) is 9.59 Å². The normalized spacial score (nSPS) is 9.94. The second-order valence-corrected chi connectivity index (χ2v) is 4.04. The predicted octanol–water partition coefficient (Wildman–Crippen LogP) is 3.05. The van der Waals surface area contributed by atoms with Gasteiger partial charge < -0.3 is 5.32 Å². The molecule has 1 rings (SSSR count). The largest absolute Gasteiger partial charge is 0.326 e. The number of unbranched alkanes of at least 4 members (excludes halogenated alkanes) is 3. The standard InChI is InChI=1S/C14H18NO2/c1-2-3-4-5-6-14(17)15-13-9-7-12(11-16)8-10-13/h7-10H,2-6H2,1H3,(H,15,17). The molecule has 0 aromatic heterocycles. The van der Waals surface area contributed by atoms with Crippen molar-refractivity contribution in [1.82, 2.24) is 0 Å². The Kier molecular flexibility index (Phi) is 6.00. The van der Waals surface area contributed by atoms with Crippen LogP contribution < -0.4 is 5.32 Å². The predicted molar refractivity (Wildman–Crippen MR) is 68.6 cm³/mol. The van der Waals surface area contributed by atoms with E-state index in [9.17, 15) is 9.59 Å². The highest BCUT2D eigenvalue weighted by Crippen LogP contribution is 2.10. The summed E-state index contributed by atoms with van der Waals surface area (Å²) in [6.07, 6.45) is 6.73. The molecule has 3 heteroatoms. The van der Waals surface area contributed by atoms with Crippen molar-refractivity contribution < 1.29 is 9.59 Å². The molecule has 0 aliphatic heterocycles. The van der Waals surface area contributed by atoms with E-state index in [1.54, 1.807) is 30.6 Å². The molecule has 0 unspecified atom stereocenters. The van der Waals surface area contributed by atoms with Crippen LogP contribution in [0.1, 0.15) is 44.6 Å². The van der Waals surface area contributed by atoms with Gasteiger partial charge in [0, 0.05) is 17.7 Å². The van der Waals surface area contributed by atoms with Gasteiger partial charge in [-0.25, -0.2) is 0 Å². The summed E-state index contributed by atoms with van der Waals surface area (Å²) < 4.78 is 0. The molecule has 1 N–H and O–H groups in total. The molecule has 3 nitrogen and oxygen atoms in total. The Hall–Kier alpha value is -1.64. The minimum atomic E-state index is 0.0314. The fourth-order valence-electron chi connectivity index (χ4n) is 1.56. The monoisotopic (exact) mass is 232 g/mol. The third kappa shape index (κ3) is 5.29. The van der Waals surface area contributed by atoms with Crippen molar-refractivity contribution in [2.45, 2.75) is 39.0 Å². The number of carbonyl (C=O) groups excluding carboxylic acids is 2. The first kappa shape index (κ1) is 13.4. The Bertz CT molecular complexity index is 357. The van der Waals surface area contributed by atoms with E-state index in [-0.39, 0.29) is 5.91 Å². The van der Waals surface area contributed by atoms with Crippen molar-refractivity contribution in [3.05, 3.63) is 29.8 Å². The second kappa shape index (κ2) is 7.60. The van der Waals surface area contributed by atoms with Crippen molar-refractivity contribution in [3.8, 4) is 0 Å². The first-order chi connectivity index (χ1) is 8.26. The summed E-state index contributed by atoms with van der Waals surface area (Å²) in [6.45, 7) is 2.14. The van der Waals surface area contributed by atoms with Gasteiger partial charge in [-0.2, -0.15) is 0 Å². The van der Waals surface area contributed by atoms with Crippen molar-refractivity contribution >= 4 is 17.9 Å². The topological polar surface area (TPSA) is 46.2 Å². The van der Waals surface area contributed by atoms with Crippen LogP contribution in [0.2, 0.25) is 0 Å². The smallest absolute Gasteiger partial charge is 0.233 e. The van der Waals surface area contributed by atoms with E-state index in [1.807, 2.05) is 0 Å². The lowest BCUT2D eigenvalue weighted by molar-refractivity contribution is -0.116. The second-order valence-electron chi connectivity index (χ2n) is 4.04. The van der Waals surface area contributed by atoms with E-state index in [4.69, 9.17) is 0 Å². The van der Waals surface area contributed by atoms with Gasteiger partial charge in [0.05, 0.1) is 0 Å². The van der Waals surface area contributed by atoms with E-state index in [2.05, 4.69) is 12.2 Å². The number of nitrogens with one attached hydrogen (secondary N) is 1. The lowest BCUT2D eigenvalue weighted by Gasteiger charge is -2.04. The van der Waals surface area contributed by atoms with E-state index in [1.165, 1.54) is 12.8 Å². The quantitative estimate of drug-likeness (QED) is 0.734. The molecule has 0 aliphatic carbocycles. The number of rotatable bonds is 7. The summed E-state index contributed by atoms with van der Waals surface area (Å²) in [4.78, 5) is 21.9. The maximum absolute atomic E-state index is 11.5. The van der Waals surface area contributed by atoms with Crippen molar-refractivity contribution in [1.29, 1.82) is 0 Å². The maximum Gasteiger partial charge on any atom is 0.233 e. The Morgan fingerprint density at radius 1 is 1.18 bits per heavy atom. The molecule has 0 spiro atoms. The highest BCUT2D eigenvalue weighted by molar-refractivity contribution is 5.91. The first-order valence-corrected chi connectivity index (χ1v) is 6.04. The lowest BCUT2D eigenvalue weighted by Crippen LogP contribution is -2.10. The summed E-state index contributed by atoms with van der Waals surface area (Å²) >= 11 is 0. The zero-order valence-electron chi connectivity index (χ0n) is 10.2. The summed E-state index contributed by atoms with van der Waals surface area (Å²) in [5.74, 6) is 0.0314. The Morgan fingerprint density at radius 2 is 1.88 bits per heavy atom. The average Bonchev–Trinajstić information content (AvgIpc) is 2.36. The number of hydrogen-bond donors (Lipinski definition) is 1. The fraction of sp³-hybridized carbons (Fsp3) is 0.429. The van der Waals surface area contributed by atoms with Crippen LogP contribution >= 0.6 is 0 Å². The molecular weight excluding hydrogens is 214 g/mol. The molecule has 0 bridgehead atoms. The van der Waals surface area contributed by atoms with Crippen LogP contribution in [-0.4, -0.2) is 12.2 Å². The minimum absolute atomic E-state index is 0.0314. The summed E-state index contributed by atoms with van der Waals surface area (Å²) in [7, 11) is 0. The molecule has 1 radical (unpaired) electrons. The summed E-state index contributed by atoms with van der Waals surface area (Å²) in [6, 6.07) is 6.70. The number of anilines is 1. The molecular formula is C14H18NO2. The van der Waals surface area contributed by atoms with Gasteiger partial charge >= 0.3 is 0 Å². The van der Waals surface area contributed by atoms with Gasteiger partial charge in [-0.15, -0.1) is 0 Å². The van der Waals surface area contributed by atoms with Gasteiger partial charge in [0.2, 0.25) is 12.2 Å². The third-order valence-corrected chi connectivity index (χ3v) is 2.54. The molecule has 1 aromatic carbocycles. The van der Waals surface area contributed by atoms with E-state index >= 15 is 0 Å². The number of carbonyl (C=O) groups is 1. The maximum atomic E-state index is 11.5. The molecule has 0 saturated carbocycles. The molecule has 0 aliphatic rings. The molecule has 0 saturated heterocycles. The summed E-state index contributed by atoms with van der Waals surface area (Å²) in [5.41, 5.74) is 1.22. The molecule has 0 atom stereocenters. The zero-order chi connectivity index (χ0) is 12.5. The van der Waals surface area contributed by atoms with Crippen molar-refractivity contribution in [2.75, 3.05) is 5.32 Å². The number of amides is 1. The van der Waals surface area contributed by atoms with Crippen molar-refractivity contribution in [2.24, 2.45) is 0 Å². The SMILES string of the molecule is CCCCCCC(=O)Nc1ccc([C]=O)cc1. The van der Waals surface area contributed by atoms with E-state index in [0.29, 0.717) is 12.0 Å². The Balaban J connectivity index is 2.32. The van der Waals surface area contributed by atoms with Gasteiger partial charge in [-0.3, -0.25) is 9.59 Å². The molecule has 1 aromatic rings. The zero-order valence-corrected chi connectivity index (χ0v) is 10.2.